The summed E-state index contributed by atoms with van der Waals surface area (Å²) in [5.74, 6) is 0.0265. The zero-order chi connectivity index (χ0) is 8.69. The van der Waals surface area contributed by atoms with Crippen LogP contribution in [0.25, 0.3) is 0 Å². The van der Waals surface area contributed by atoms with Gasteiger partial charge in [0.05, 0.1) is 0 Å². The van der Waals surface area contributed by atoms with Crippen LogP contribution in [-0.4, -0.2) is 11.9 Å². The lowest BCUT2D eigenvalue weighted by atomic mass is 10.2. The van der Waals surface area contributed by atoms with E-state index in [1.165, 1.54) is 6.92 Å². The Labute approximate surface area is 68.7 Å². The van der Waals surface area contributed by atoms with Gasteiger partial charge in [-0.05, 0) is 13.3 Å². The molecule has 1 atom stereocenters. The largest absolute Gasteiger partial charge is 0.350 e. The molecule has 11 heavy (non-hydrogen) atoms. The summed E-state index contributed by atoms with van der Waals surface area (Å²) >= 11 is 0. The Balaban J connectivity index is 3.50. The highest BCUT2D eigenvalue weighted by Crippen LogP contribution is 1.91. The molecule has 0 aromatic heterocycles. The molecular weight excluding hydrogens is 138 g/mol. The topological polar surface area (TPSA) is 29.1 Å². The zero-order valence-corrected chi connectivity index (χ0v) is 7.55. The summed E-state index contributed by atoms with van der Waals surface area (Å²) in [6, 6.07) is 0.166. The van der Waals surface area contributed by atoms with Crippen LogP contribution in [0.4, 0.5) is 0 Å². The Hall–Kier alpha value is -0.790. The summed E-state index contributed by atoms with van der Waals surface area (Å²) in [5.41, 5.74) is 0. The van der Waals surface area contributed by atoms with Crippen LogP contribution in [0.15, 0.2) is 12.2 Å². The maximum absolute atomic E-state index is 10.5. The fraction of sp³-hybridized carbons (Fsp3) is 0.667. The molecule has 0 aliphatic heterocycles. The average Bonchev–Trinajstić information content (AvgIpc) is 1.86. The van der Waals surface area contributed by atoms with E-state index in [2.05, 4.69) is 18.3 Å². The summed E-state index contributed by atoms with van der Waals surface area (Å²) in [6.45, 7) is 5.63. The van der Waals surface area contributed by atoms with Crippen molar-refractivity contribution in [2.24, 2.45) is 0 Å². The third-order valence-electron chi connectivity index (χ3n) is 1.31. The Morgan fingerprint density at radius 2 is 2.27 bits per heavy atom. The van der Waals surface area contributed by atoms with Crippen LogP contribution in [0.5, 0.6) is 0 Å². The quantitative estimate of drug-likeness (QED) is 0.617. The van der Waals surface area contributed by atoms with Crippen molar-refractivity contribution in [3.63, 3.8) is 0 Å². The fourth-order valence-corrected chi connectivity index (χ4v) is 0.836. The summed E-state index contributed by atoms with van der Waals surface area (Å²) in [6.07, 6.45) is 6.36. The predicted molar refractivity (Wildman–Crippen MR) is 47.3 cm³/mol. The van der Waals surface area contributed by atoms with Crippen molar-refractivity contribution >= 4 is 5.91 Å². The molecule has 0 fully saturated rings. The number of carbonyl (C=O) groups excluding carboxylic acids is 1. The van der Waals surface area contributed by atoms with E-state index in [-0.39, 0.29) is 11.9 Å². The van der Waals surface area contributed by atoms with Gasteiger partial charge in [-0.3, -0.25) is 4.79 Å². The lowest BCUT2D eigenvalue weighted by molar-refractivity contribution is -0.119. The SMILES string of the molecule is CCC/C=C\C(C)NC(C)=O. The molecule has 1 amide bonds. The van der Waals surface area contributed by atoms with Gasteiger partial charge in [0.1, 0.15) is 0 Å². The predicted octanol–water partition coefficient (Wildman–Crippen LogP) is 1.87. The molecule has 0 saturated heterocycles. The van der Waals surface area contributed by atoms with E-state index in [1.54, 1.807) is 0 Å². The first-order valence-corrected chi connectivity index (χ1v) is 4.10. The third kappa shape index (κ3) is 7.10. The maximum Gasteiger partial charge on any atom is 0.217 e. The maximum atomic E-state index is 10.5. The van der Waals surface area contributed by atoms with Crippen LogP contribution in [0.1, 0.15) is 33.6 Å². The molecule has 0 heterocycles. The third-order valence-corrected chi connectivity index (χ3v) is 1.31. The van der Waals surface area contributed by atoms with Crippen LogP contribution < -0.4 is 5.32 Å². The highest BCUT2D eigenvalue weighted by atomic mass is 16.1. The van der Waals surface area contributed by atoms with Crippen LogP contribution in [-0.2, 0) is 4.79 Å². The van der Waals surface area contributed by atoms with E-state index in [9.17, 15) is 4.79 Å². The van der Waals surface area contributed by atoms with Crippen LogP contribution in [0.3, 0.4) is 0 Å². The van der Waals surface area contributed by atoms with Crippen molar-refractivity contribution < 1.29 is 4.79 Å². The standard InChI is InChI=1S/C9H17NO/c1-4-5-6-7-8(2)10-9(3)11/h6-8H,4-5H2,1-3H3,(H,10,11)/b7-6-. The van der Waals surface area contributed by atoms with E-state index in [0.717, 1.165) is 12.8 Å². The van der Waals surface area contributed by atoms with Gasteiger partial charge in [0, 0.05) is 13.0 Å². The second kappa shape index (κ2) is 5.96. The van der Waals surface area contributed by atoms with E-state index in [4.69, 9.17) is 0 Å². The number of rotatable bonds is 4. The first kappa shape index (κ1) is 10.2. The summed E-state index contributed by atoms with van der Waals surface area (Å²) in [7, 11) is 0. The molecule has 0 aliphatic rings. The Bertz CT molecular complexity index is 140. The average molecular weight is 155 g/mol. The monoisotopic (exact) mass is 155 g/mol. The molecule has 0 saturated carbocycles. The molecule has 64 valence electrons. The van der Waals surface area contributed by atoms with Crippen LogP contribution >= 0.6 is 0 Å². The molecule has 0 aromatic carbocycles. The number of hydrogen-bond acceptors (Lipinski definition) is 1. The van der Waals surface area contributed by atoms with Gasteiger partial charge < -0.3 is 5.32 Å². The van der Waals surface area contributed by atoms with E-state index < -0.39 is 0 Å². The van der Waals surface area contributed by atoms with Gasteiger partial charge >= 0.3 is 0 Å². The highest BCUT2D eigenvalue weighted by Gasteiger charge is 1.95. The van der Waals surface area contributed by atoms with Gasteiger partial charge in [-0.25, -0.2) is 0 Å². The van der Waals surface area contributed by atoms with Gasteiger partial charge in [-0.1, -0.05) is 25.5 Å². The van der Waals surface area contributed by atoms with Gasteiger partial charge in [0.15, 0.2) is 0 Å². The minimum Gasteiger partial charge on any atom is -0.350 e. The number of nitrogens with one attached hydrogen (secondary N) is 1. The smallest absolute Gasteiger partial charge is 0.217 e. The molecule has 0 aliphatic carbocycles. The number of hydrogen-bond donors (Lipinski definition) is 1. The minimum absolute atomic E-state index is 0.0265. The van der Waals surface area contributed by atoms with Crippen molar-refractivity contribution in [3.05, 3.63) is 12.2 Å². The summed E-state index contributed by atoms with van der Waals surface area (Å²) < 4.78 is 0. The van der Waals surface area contributed by atoms with Crippen molar-refractivity contribution in [2.45, 2.75) is 39.7 Å². The number of amides is 1. The van der Waals surface area contributed by atoms with Gasteiger partial charge in [0.25, 0.3) is 0 Å². The summed E-state index contributed by atoms with van der Waals surface area (Å²) in [4.78, 5) is 10.5. The van der Waals surface area contributed by atoms with Crippen molar-refractivity contribution in [3.8, 4) is 0 Å². The van der Waals surface area contributed by atoms with Crippen molar-refractivity contribution in [1.82, 2.24) is 5.32 Å². The minimum atomic E-state index is 0.0265. The van der Waals surface area contributed by atoms with E-state index in [0.29, 0.717) is 0 Å². The fourth-order valence-electron chi connectivity index (χ4n) is 0.836. The Morgan fingerprint density at radius 1 is 1.64 bits per heavy atom. The van der Waals surface area contributed by atoms with E-state index in [1.807, 2.05) is 13.0 Å². The van der Waals surface area contributed by atoms with E-state index >= 15 is 0 Å². The van der Waals surface area contributed by atoms with Crippen molar-refractivity contribution in [2.75, 3.05) is 0 Å². The second-order valence-corrected chi connectivity index (χ2v) is 2.71. The lowest BCUT2D eigenvalue weighted by Gasteiger charge is -2.05. The first-order valence-electron chi connectivity index (χ1n) is 4.10. The molecule has 2 nitrogen and oxygen atoms in total. The lowest BCUT2D eigenvalue weighted by Crippen LogP contribution is -2.28. The Morgan fingerprint density at radius 3 is 2.73 bits per heavy atom. The molecule has 0 rings (SSSR count). The van der Waals surface area contributed by atoms with Crippen LogP contribution in [0, 0.1) is 0 Å². The first-order chi connectivity index (χ1) is 5.16. The normalized spacial score (nSPS) is 13.4. The molecule has 0 radical (unpaired) electrons. The zero-order valence-electron chi connectivity index (χ0n) is 7.55. The molecule has 0 spiro atoms. The molecule has 1 N–H and O–H groups in total. The molecule has 0 aromatic rings. The molecule has 2 heteroatoms. The van der Waals surface area contributed by atoms with Crippen LogP contribution in [0.2, 0.25) is 0 Å². The highest BCUT2D eigenvalue weighted by molar-refractivity contribution is 5.73. The number of allylic oxidation sites excluding steroid dienone is 1. The molecule has 0 bridgehead atoms. The molecular formula is C9H17NO. The second-order valence-electron chi connectivity index (χ2n) is 2.71. The van der Waals surface area contributed by atoms with Gasteiger partial charge in [-0.15, -0.1) is 0 Å². The number of carbonyl (C=O) groups is 1. The number of unbranched alkanes of at least 4 members (excludes halogenated alkanes) is 1. The van der Waals surface area contributed by atoms with Gasteiger partial charge in [0.2, 0.25) is 5.91 Å². The van der Waals surface area contributed by atoms with Crippen molar-refractivity contribution in [1.29, 1.82) is 0 Å². The Kier molecular flexibility index (Phi) is 5.53. The van der Waals surface area contributed by atoms with Gasteiger partial charge in [-0.2, -0.15) is 0 Å². The summed E-state index contributed by atoms with van der Waals surface area (Å²) in [5, 5.41) is 2.78. The molecule has 1 unspecified atom stereocenters.